The first-order valence-electron chi connectivity index (χ1n) is 12.6. The second kappa shape index (κ2) is 11.4. The molecule has 210 valence electrons. The maximum atomic E-state index is 13.8. The number of nitrogens with one attached hydrogen (secondary N) is 2. The maximum absolute atomic E-state index is 13.8. The molecule has 1 heterocycles. The molecule has 12 heteroatoms. The van der Waals surface area contributed by atoms with Crippen molar-refractivity contribution in [3.8, 4) is 0 Å². The number of hydrogen-bond acceptors (Lipinski definition) is 6. The second-order valence-corrected chi connectivity index (χ2v) is 13.7. The zero-order chi connectivity index (χ0) is 28.5. The topological polar surface area (TPSA) is 148 Å². The van der Waals surface area contributed by atoms with E-state index >= 15 is 0 Å². The average molecular weight is 564 g/mol. The highest BCUT2D eigenvalue weighted by atomic mass is 35.5. The zero-order valence-electron chi connectivity index (χ0n) is 22.7. The molecule has 2 fully saturated rings. The Hall–Kier alpha value is -2.07. The van der Waals surface area contributed by atoms with Crippen LogP contribution in [0.15, 0.2) is 0 Å². The molecule has 1 aliphatic carbocycles. The summed E-state index contributed by atoms with van der Waals surface area (Å²) in [5, 5.41) is 5.21. The number of nitrogens with zero attached hydrogens (tertiary/aromatic N) is 1. The Morgan fingerprint density at radius 2 is 1.62 bits per heavy atom. The number of amides is 4. The lowest BCUT2D eigenvalue weighted by Gasteiger charge is -2.37. The molecule has 1 saturated heterocycles. The van der Waals surface area contributed by atoms with Gasteiger partial charge in [0.1, 0.15) is 17.7 Å². The molecule has 2 aliphatic rings. The van der Waals surface area contributed by atoms with Crippen LogP contribution in [0.25, 0.3) is 0 Å². The predicted molar refractivity (Wildman–Crippen MR) is 140 cm³/mol. The summed E-state index contributed by atoms with van der Waals surface area (Å²) in [6.45, 7) is 12.1. The largest absolute Gasteiger partial charge is 0.444 e. The fourth-order valence-corrected chi connectivity index (χ4v) is 5.06. The van der Waals surface area contributed by atoms with Crippen molar-refractivity contribution in [2.45, 2.75) is 102 Å². The number of carbonyl (C=O) groups is 5. The first-order valence-corrected chi connectivity index (χ1v) is 13.3. The van der Waals surface area contributed by atoms with Crippen LogP contribution >= 0.6 is 23.2 Å². The quantitative estimate of drug-likeness (QED) is 0.306. The number of nitrogens with two attached hydrogens (primary N) is 1. The number of likely N-dealkylation sites (tertiary alicyclic amines) is 1. The van der Waals surface area contributed by atoms with Crippen LogP contribution in [0.3, 0.4) is 0 Å². The lowest BCUT2D eigenvalue weighted by Crippen LogP contribution is -2.61. The molecular formula is C25H40Cl2N4O6. The van der Waals surface area contributed by atoms with Gasteiger partial charge in [-0.25, -0.2) is 4.79 Å². The van der Waals surface area contributed by atoms with Crippen LogP contribution in [-0.2, 0) is 23.9 Å². The SMILES string of the molecule is CC1CN(C(=O)[C@@H](NC(=O)OC(C)(C)C)C(C)(C)C)[C@H](C(=O)NC(CC2CCC2)C(=O)C(N)=O)C1(Cl)Cl. The number of halogens is 2. The lowest BCUT2D eigenvalue weighted by molar-refractivity contribution is -0.143. The van der Waals surface area contributed by atoms with Gasteiger partial charge < -0.3 is 26.0 Å². The molecule has 0 aromatic carbocycles. The Balaban J connectivity index is 2.34. The number of ketones is 1. The molecule has 4 amide bonds. The van der Waals surface area contributed by atoms with Crippen molar-refractivity contribution >= 4 is 52.8 Å². The highest BCUT2D eigenvalue weighted by Crippen LogP contribution is 2.44. The number of carbonyl (C=O) groups excluding carboxylic acids is 5. The fourth-order valence-electron chi connectivity index (χ4n) is 4.49. The molecular weight excluding hydrogens is 523 g/mol. The van der Waals surface area contributed by atoms with Crippen molar-refractivity contribution in [3.05, 3.63) is 0 Å². The molecule has 4 atom stereocenters. The summed E-state index contributed by atoms with van der Waals surface area (Å²) < 4.78 is 3.64. The van der Waals surface area contributed by atoms with Gasteiger partial charge >= 0.3 is 6.09 Å². The number of alkyl carbamates (subject to hydrolysis) is 1. The van der Waals surface area contributed by atoms with E-state index in [0.29, 0.717) is 0 Å². The summed E-state index contributed by atoms with van der Waals surface area (Å²) in [6, 6.07) is -3.61. The number of primary amides is 1. The third kappa shape index (κ3) is 7.72. The van der Waals surface area contributed by atoms with E-state index in [4.69, 9.17) is 33.7 Å². The molecule has 2 unspecified atom stereocenters. The lowest BCUT2D eigenvalue weighted by atomic mass is 9.80. The normalized spacial score (nSPS) is 23.4. The van der Waals surface area contributed by atoms with Gasteiger partial charge in [-0.2, -0.15) is 0 Å². The van der Waals surface area contributed by atoms with Crippen LogP contribution in [-0.4, -0.2) is 69.1 Å². The zero-order valence-corrected chi connectivity index (χ0v) is 24.2. The van der Waals surface area contributed by atoms with Crippen LogP contribution in [0.5, 0.6) is 0 Å². The summed E-state index contributed by atoms with van der Waals surface area (Å²) in [5.41, 5.74) is 3.67. The van der Waals surface area contributed by atoms with E-state index < -0.39 is 69.0 Å². The summed E-state index contributed by atoms with van der Waals surface area (Å²) in [6.07, 6.45) is 2.23. The van der Waals surface area contributed by atoms with Crippen molar-refractivity contribution in [2.75, 3.05) is 6.54 Å². The summed E-state index contributed by atoms with van der Waals surface area (Å²) >= 11 is 13.2. The van der Waals surface area contributed by atoms with Crippen LogP contribution in [0.1, 0.15) is 74.1 Å². The average Bonchev–Trinajstić information content (AvgIpc) is 2.93. The van der Waals surface area contributed by atoms with Crippen molar-refractivity contribution in [2.24, 2.45) is 23.0 Å². The minimum atomic E-state index is -1.69. The van der Waals surface area contributed by atoms with Gasteiger partial charge in [0.15, 0.2) is 4.33 Å². The Labute approximate surface area is 228 Å². The minimum absolute atomic E-state index is 0.0313. The number of Topliss-reactive ketones (excluding diaryl/α,β-unsaturated/α-hetero) is 1. The van der Waals surface area contributed by atoms with Gasteiger partial charge in [0.2, 0.25) is 17.6 Å². The molecule has 4 N–H and O–H groups in total. The van der Waals surface area contributed by atoms with Gasteiger partial charge in [-0.1, -0.05) is 70.2 Å². The number of hydrogen-bond donors (Lipinski definition) is 3. The Kier molecular flexibility index (Phi) is 9.56. The third-order valence-electron chi connectivity index (χ3n) is 6.78. The van der Waals surface area contributed by atoms with Gasteiger partial charge in [-0.15, -0.1) is 0 Å². The number of ether oxygens (including phenoxy) is 1. The summed E-state index contributed by atoms with van der Waals surface area (Å²) in [7, 11) is 0. The maximum Gasteiger partial charge on any atom is 0.408 e. The molecule has 2 rings (SSSR count). The van der Waals surface area contributed by atoms with Crippen molar-refractivity contribution < 1.29 is 28.7 Å². The molecule has 10 nitrogen and oxygen atoms in total. The Morgan fingerprint density at radius 1 is 1.05 bits per heavy atom. The van der Waals surface area contributed by atoms with Crippen LogP contribution in [0, 0.1) is 17.3 Å². The van der Waals surface area contributed by atoms with E-state index in [1.165, 1.54) is 4.90 Å². The van der Waals surface area contributed by atoms with Gasteiger partial charge in [0.05, 0.1) is 6.04 Å². The first-order chi connectivity index (χ1) is 16.8. The molecule has 1 aliphatic heterocycles. The van der Waals surface area contributed by atoms with Gasteiger partial charge in [0.25, 0.3) is 5.91 Å². The van der Waals surface area contributed by atoms with E-state index in [1.54, 1.807) is 48.5 Å². The molecule has 37 heavy (non-hydrogen) atoms. The molecule has 0 bridgehead atoms. The minimum Gasteiger partial charge on any atom is -0.444 e. The van der Waals surface area contributed by atoms with E-state index in [2.05, 4.69) is 10.6 Å². The highest BCUT2D eigenvalue weighted by molar-refractivity contribution is 6.50. The van der Waals surface area contributed by atoms with Crippen LogP contribution in [0.2, 0.25) is 0 Å². The standard InChI is InChI=1S/C25H40Cl2N4O6/c1-13-12-31(21(35)17(23(2,3)4)30-22(36)37-24(5,6)7)18(25(13,26)27)20(34)29-15(16(32)19(28)33)11-14-9-8-10-14/h13-15,17-18H,8-12H2,1-7H3,(H2,28,33)(H,29,34)(H,30,36)/t13?,15?,17-,18-/m1/s1. The molecule has 0 spiro atoms. The smallest absolute Gasteiger partial charge is 0.408 e. The van der Waals surface area contributed by atoms with E-state index in [9.17, 15) is 24.0 Å². The van der Waals surface area contributed by atoms with E-state index in [-0.39, 0.29) is 18.9 Å². The molecule has 0 radical (unpaired) electrons. The highest BCUT2D eigenvalue weighted by Gasteiger charge is 2.57. The predicted octanol–water partition coefficient (Wildman–Crippen LogP) is 2.68. The monoisotopic (exact) mass is 562 g/mol. The van der Waals surface area contributed by atoms with Gasteiger partial charge in [-0.3, -0.25) is 19.2 Å². The fraction of sp³-hybridized carbons (Fsp3) is 0.800. The van der Waals surface area contributed by atoms with Crippen molar-refractivity contribution in [1.29, 1.82) is 0 Å². The van der Waals surface area contributed by atoms with Crippen molar-refractivity contribution in [1.82, 2.24) is 15.5 Å². The third-order valence-corrected chi connectivity index (χ3v) is 7.94. The second-order valence-electron chi connectivity index (χ2n) is 12.2. The van der Waals surface area contributed by atoms with E-state index in [0.717, 1.165) is 19.3 Å². The summed E-state index contributed by atoms with van der Waals surface area (Å²) in [5.74, 6) is -3.77. The van der Waals surface area contributed by atoms with Gasteiger partial charge in [0, 0.05) is 12.5 Å². The Morgan fingerprint density at radius 3 is 2.05 bits per heavy atom. The van der Waals surface area contributed by atoms with Crippen molar-refractivity contribution in [3.63, 3.8) is 0 Å². The number of alkyl halides is 2. The van der Waals surface area contributed by atoms with E-state index in [1.807, 2.05) is 0 Å². The molecule has 1 saturated carbocycles. The van der Waals surface area contributed by atoms with Crippen LogP contribution in [0.4, 0.5) is 4.79 Å². The molecule has 0 aromatic heterocycles. The first kappa shape index (κ1) is 31.1. The van der Waals surface area contributed by atoms with Crippen LogP contribution < -0.4 is 16.4 Å². The van der Waals surface area contributed by atoms with Gasteiger partial charge in [-0.05, 0) is 38.5 Å². The molecule has 0 aromatic rings. The summed E-state index contributed by atoms with van der Waals surface area (Å²) in [4.78, 5) is 65.3. The number of rotatable bonds is 8. The Bertz CT molecular complexity index is 923.